The van der Waals surface area contributed by atoms with Gasteiger partial charge in [0.15, 0.2) is 11.5 Å². The van der Waals surface area contributed by atoms with E-state index < -0.39 is 0 Å². The van der Waals surface area contributed by atoms with Crippen molar-refractivity contribution in [2.45, 2.75) is 12.8 Å². The minimum Gasteiger partial charge on any atom is -0.493 e. The predicted molar refractivity (Wildman–Crippen MR) is 90.9 cm³/mol. The Bertz CT molecular complexity index is 717. The minimum atomic E-state index is -0.104. The summed E-state index contributed by atoms with van der Waals surface area (Å²) in [7, 11) is 4.60. The molecular weight excluding hydrogens is 326 g/mol. The van der Waals surface area contributed by atoms with E-state index in [1.165, 1.54) is 21.3 Å². The van der Waals surface area contributed by atoms with Crippen LogP contribution in [0.5, 0.6) is 17.2 Å². The second-order valence-electron chi connectivity index (χ2n) is 5.02. The highest BCUT2D eigenvalue weighted by molar-refractivity contribution is 5.76. The topological polar surface area (TPSA) is 95.7 Å². The van der Waals surface area contributed by atoms with E-state index in [0.29, 0.717) is 47.5 Å². The van der Waals surface area contributed by atoms with Gasteiger partial charge in [-0.05, 0) is 12.1 Å². The van der Waals surface area contributed by atoms with Gasteiger partial charge in [-0.3, -0.25) is 4.79 Å². The molecule has 8 heteroatoms. The molecule has 2 rings (SSSR count). The number of rotatable bonds is 9. The van der Waals surface area contributed by atoms with Crippen LogP contribution in [0.3, 0.4) is 0 Å². The SMILES string of the molecule is C=CCNC(=O)CCc1nc(-c2cc(OC)c(OC)c(OC)c2)no1. The van der Waals surface area contributed by atoms with E-state index in [9.17, 15) is 4.79 Å². The van der Waals surface area contributed by atoms with Gasteiger partial charge in [0.25, 0.3) is 0 Å². The largest absolute Gasteiger partial charge is 0.493 e. The summed E-state index contributed by atoms with van der Waals surface area (Å²) in [6, 6.07) is 3.46. The highest BCUT2D eigenvalue weighted by atomic mass is 16.5. The molecule has 134 valence electrons. The summed E-state index contributed by atoms with van der Waals surface area (Å²) in [5.41, 5.74) is 0.653. The Balaban J connectivity index is 2.16. The molecule has 1 aromatic heterocycles. The van der Waals surface area contributed by atoms with Crippen LogP contribution in [0.15, 0.2) is 29.3 Å². The van der Waals surface area contributed by atoms with Crippen molar-refractivity contribution in [3.8, 4) is 28.6 Å². The van der Waals surface area contributed by atoms with E-state index in [1.807, 2.05) is 0 Å². The molecule has 0 spiro atoms. The van der Waals surface area contributed by atoms with Crippen LogP contribution in [-0.4, -0.2) is 43.9 Å². The van der Waals surface area contributed by atoms with E-state index in [2.05, 4.69) is 22.0 Å². The number of ether oxygens (including phenoxy) is 3. The minimum absolute atomic E-state index is 0.104. The molecule has 0 saturated heterocycles. The average molecular weight is 347 g/mol. The highest BCUT2D eigenvalue weighted by Crippen LogP contribution is 2.40. The average Bonchev–Trinajstić information content (AvgIpc) is 3.12. The quantitative estimate of drug-likeness (QED) is 0.693. The number of nitrogens with one attached hydrogen (secondary N) is 1. The van der Waals surface area contributed by atoms with Crippen LogP contribution < -0.4 is 19.5 Å². The zero-order valence-electron chi connectivity index (χ0n) is 14.5. The maximum absolute atomic E-state index is 11.6. The Labute approximate surface area is 145 Å². The lowest BCUT2D eigenvalue weighted by molar-refractivity contribution is -0.120. The zero-order valence-corrected chi connectivity index (χ0v) is 14.5. The third-order valence-corrected chi connectivity index (χ3v) is 3.40. The third kappa shape index (κ3) is 4.50. The van der Waals surface area contributed by atoms with Crippen molar-refractivity contribution in [3.05, 3.63) is 30.7 Å². The van der Waals surface area contributed by atoms with Crippen LogP contribution in [-0.2, 0) is 11.2 Å². The molecule has 0 saturated carbocycles. The summed E-state index contributed by atoms with van der Waals surface area (Å²) < 4.78 is 21.1. The summed E-state index contributed by atoms with van der Waals surface area (Å²) in [5.74, 6) is 2.11. The van der Waals surface area contributed by atoms with Crippen LogP contribution in [0.1, 0.15) is 12.3 Å². The van der Waals surface area contributed by atoms with Gasteiger partial charge in [-0.15, -0.1) is 6.58 Å². The highest BCUT2D eigenvalue weighted by Gasteiger charge is 2.17. The summed E-state index contributed by atoms with van der Waals surface area (Å²) in [5, 5.41) is 6.64. The number of carbonyl (C=O) groups is 1. The summed E-state index contributed by atoms with van der Waals surface area (Å²) in [4.78, 5) is 15.9. The van der Waals surface area contributed by atoms with Crippen molar-refractivity contribution in [2.24, 2.45) is 0 Å². The van der Waals surface area contributed by atoms with Crippen molar-refractivity contribution in [3.63, 3.8) is 0 Å². The Morgan fingerprint density at radius 2 is 1.92 bits per heavy atom. The second kappa shape index (κ2) is 8.72. The Kier molecular flexibility index (Phi) is 6.39. The standard InChI is InChI=1S/C17H21N3O5/c1-5-8-18-14(21)6-7-15-19-17(20-25-15)11-9-12(22-2)16(24-4)13(10-11)23-3/h5,9-10H,1,6-8H2,2-4H3,(H,18,21). The van der Waals surface area contributed by atoms with Gasteiger partial charge in [0, 0.05) is 24.9 Å². The number of amides is 1. The van der Waals surface area contributed by atoms with Crippen LogP contribution >= 0.6 is 0 Å². The molecule has 0 bridgehead atoms. The van der Waals surface area contributed by atoms with Crippen LogP contribution in [0, 0.1) is 0 Å². The summed E-state index contributed by atoms with van der Waals surface area (Å²) in [6.07, 6.45) is 2.22. The van der Waals surface area contributed by atoms with Gasteiger partial charge in [-0.1, -0.05) is 11.2 Å². The fraction of sp³-hybridized carbons (Fsp3) is 0.353. The molecule has 1 heterocycles. The molecule has 1 aromatic carbocycles. The Morgan fingerprint density at radius 3 is 2.48 bits per heavy atom. The second-order valence-corrected chi connectivity index (χ2v) is 5.02. The number of hydrogen-bond acceptors (Lipinski definition) is 7. The van der Waals surface area contributed by atoms with Crippen molar-refractivity contribution in [2.75, 3.05) is 27.9 Å². The number of nitrogens with zero attached hydrogens (tertiary/aromatic N) is 2. The first-order valence-corrected chi connectivity index (χ1v) is 7.63. The lowest BCUT2D eigenvalue weighted by Crippen LogP contribution is -2.23. The van der Waals surface area contributed by atoms with Crippen LogP contribution in [0.2, 0.25) is 0 Å². The monoisotopic (exact) mass is 347 g/mol. The normalized spacial score (nSPS) is 10.2. The van der Waals surface area contributed by atoms with Crippen LogP contribution in [0.4, 0.5) is 0 Å². The van der Waals surface area contributed by atoms with E-state index >= 15 is 0 Å². The first-order valence-electron chi connectivity index (χ1n) is 7.63. The van der Waals surface area contributed by atoms with E-state index in [1.54, 1.807) is 18.2 Å². The molecule has 2 aromatic rings. The molecule has 0 aliphatic carbocycles. The van der Waals surface area contributed by atoms with Gasteiger partial charge in [-0.2, -0.15) is 4.98 Å². The molecule has 0 aliphatic rings. The lowest BCUT2D eigenvalue weighted by Gasteiger charge is -2.12. The Morgan fingerprint density at radius 1 is 1.24 bits per heavy atom. The number of aryl methyl sites for hydroxylation is 1. The van der Waals surface area contributed by atoms with Gasteiger partial charge in [0.2, 0.25) is 23.4 Å². The number of aromatic nitrogens is 2. The van der Waals surface area contributed by atoms with E-state index in [-0.39, 0.29) is 12.3 Å². The van der Waals surface area contributed by atoms with Crippen molar-refractivity contribution < 1.29 is 23.5 Å². The van der Waals surface area contributed by atoms with Gasteiger partial charge in [-0.25, -0.2) is 0 Å². The Hall–Kier alpha value is -3.03. The summed E-state index contributed by atoms with van der Waals surface area (Å²) >= 11 is 0. The van der Waals surface area contributed by atoms with Gasteiger partial charge in [0.05, 0.1) is 21.3 Å². The molecule has 25 heavy (non-hydrogen) atoms. The molecule has 1 N–H and O–H groups in total. The van der Waals surface area contributed by atoms with Gasteiger partial charge in [0.1, 0.15) is 0 Å². The number of carbonyl (C=O) groups excluding carboxylic acids is 1. The van der Waals surface area contributed by atoms with Gasteiger partial charge >= 0.3 is 0 Å². The maximum atomic E-state index is 11.6. The molecule has 0 radical (unpaired) electrons. The molecule has 8 nitrogen and oxygen atoms in total. The molecule has 0 atom stereocenters. The van der Waals surface area contributed by atoms with Crippen molar-refractivity contribution >= 4 is 5.91 Å². The van der Waals surface area contributed by atoms with Crippen molar-refractivity contribution in [1.82, 2.24) is 15.5 Å². The van der Waals surface area contributed by atoms with Crippen LogP contribution in [0.25, 0.3) is 11.4 Å². The van der Waals surface area contributed by atoms with E-state index in [0.717, 1.165) is 0 Å². The number of methoxy groups -OCH3 is 3. The number of hydrogen-bond donors (Lipinski definition) is 1. The predicted octanol–water partition coefficient (Wildman–Crippen LogP) is 2.00. The molecule has 1 amide bonds. The smallest absolute Gasteiger partial charge is 0.227 e. The first kappa shape index (κ1) is 18.3. The number of benzene rings is 1. The first-order chi connectivity index (χ1) is 12.1. The molecule has 0 aliphatic heterocycles. The third-order valence-electron chi connectivity index (χ3n) is 3.40. The fourth-order valence-electron chi connectivity index (χ4n) is 2.18. The molecule has 0 fully saturated rings. The fourth-order valence-corrected chi connectivity index (χ4v) is 2.18. The summed E-state index contributed by atoms with van der Waals surface area (Å²) in [6.45, 7) is 3.97. The van der Waals surface area contributed by atoms with Gasteiger partial charge < -0.3 is 24.1 Å². The van der Waals surface area contributed by atoms with E-state index in [4.69, 9.17) is 18.7 Å². The lowest BCUT2D eigenvalue weighted by atomic mass is 10.1. The maximum Gasteiger partial charge on any atom is 0.227 e. The zero-order chi connectivity index (χ0) is 18.2. The molecule has 0 unspecified atom stereocenters. The van der Waals surface area contributed by atoms with Crippen molar-refractivity contribution in [1.29, 1.82) is 0 Å². The molecular formula is C17H21N3O5.